The molecule has 2 heterocycles. The minimum absolute atomic E-state index is 0.000685. The van der Waals surface area contributed by atoms with Gasteiger partial charge in [-0.1, -0.05) is 5.16 Å². The van der Waals surface area contributed by atoms with Crippen LogP contribution in [0.5, 0.6) is 5.75 Å². The Balaban J connectivity index is 1.68. The van der Waals surface area contributed by atoms with Crippen LogP contribution in [0, 0.1) is 6.57 Å². The van der Waals surface area contributed by atoms with Crippen LogP contribution in [0.1, 0.15) is 13.8 Å². The van der Waals surface area contributed by atoms with Gasteiger partial charge in [-0.15, -0.1) is 0 Å². The third-order valence-corrected chi connectivity index (χ3v) is 4.26. The lowest BCUT2D eigenvalue weighted by Gasteiger charge is -2.11. The molecule has 0 aliphatic heterocycles. The van der Waals surface area contributed by atoms with Gasteiger partial charge in [0.1, 0.15) is 5.75 Å². The molecule has 6 nitrogen and oxygen atoms in total. The van der Waals surface area contributed by atoms with Crippen LogP contribution >= 0.6 is 0 Å². The maximum atomic E-state index is 7.38. The molecule has 0 fully saturated rings. The molecule has 2 aromatic heterocycles. The van der Waals surface area contributed by atoms with Gasteiger partial charge in [-0.25, -0.2) is 4.85 Å². The van der Waals surface area contributed by atoms with E-state index in [4.69, 9.17) is 15.8 Å². The second-order valence-electron chi connectivity index (χ2n) is 6.58. The van der Waals surface area contributed by atoms with Crippen LogP contribution in [0.4, 0.5) is 5.69 Å². The largest absolute Gasteiger partial charge is 0.502 e. The molecule has 0 N–H and O–H groups in total. The summed E-state index contributed by atoms with van der Waals surface area (Å²) < 4.78 is 13.2. The highest BCUT2D eigenvalue weighted by atomic mass is 16.5. The molecule has 0 unspecified atom stereocenters. The number of nitrogens with zero attached hydrogens (tertiary/aromatic N) is 4. The summed E-state index contributed by atoms with van der Waals surface area (Å²) in [4.78, 5) is 8.05. The molecule has 0 radical (unpaired) electrons. The topological polar surface area (TPSA) is 57.4 Å². The average molecular weight is 358 g/mol. The van der Waals surface area contributed by atoms with Crippen molar-refractivity contribution in [1.29, 1.82) is 0 Å². The molecular formula is C21H18N4O2. The molecular weight excluding hydrogens is 340 g/mol. The molecule has 0 aliphatic rings. The number of fused-ring (bicyclic) bond motifs is 1. The molecule has 0 amide bonds. The van der Waals surface area contributed by atoms with Crippen LogP contribution in [0.2, 0.25) is 0 Å². The molecule has 4 aromatic rings. The Labute approximate surface area is 156 Å². The summed E-state index contributed by atoms with van der Waals surface area (Å²) >= 11 is 0. The second kappa shape index (κ2) is 6.61. The number of hydrogen-bond donors (Lipinski definition) is 0. The van der Waals surface area contributed by atoms with Crippen LogP contribution in [-0.4, -0.2) is 20.8 Å². The zero-order valence-electron chi connectivity index (χ0n) is 15.3. The van der Waals surface area contributed by atoms with Gasteiger partial charge >= 0.3 is 0 Å². The smallest absolute Gasteiger partial charge is 0.256 e. The number of aryl methyl sites for hydroxylation is 1. The summed E-state index contributed by atoms with van der Waals surface area (Å²) in [5, 5.41) is 5.22. The predicted octanol–water partition coefficient (Wildman–Crippen LogP) is 5.23. The minimum Gasteiger partial charge on any atom is -0.502 e. The van der Waals surface area contributed by atoms with Crippen LogP contribution < -0.4 is 4.74 Å². The van der Waals surface area contributed by atoms with Crippen molar-refractivity contribution < 1.29 is 9.26 Å². The first-order valence-electron chi connectivity index (χ1n) is 8.63. The Morgan fingerprint density at radius 1 is 1.11 bits per heavy atom. The maximum absolute atomic E-state index is 7.38. The summed E-state index contributed by atoms with van der Waals surface area (Å²) in [5.74, 6) is 1.44. The van der Waals surface area contributed by atoms with E-state index in [1.54, 1.807) is 12.1 Å². The van der Waals surface area contributed by atoms with E-state index in [2.05, 4.69) is 25.6 Å². The fourth-order valence-corrected chi connectivity index (χ4v) is 2.97. The van der Waals surface area contributed by atoms with Crippen LogP contribution in [-0.2, 0) is 7.05 Å². The van der Waals surface area contributed by atoms with Crippen molar-refractivity contribution in [2.45, 2.75) is 20.0 Å². The minimum atomic E-state index is -0.000685. The quantitative estimate of drug-likeness (QED) is 0.469. The Kier molecular flexibility index (Phi) is 4.13. The molecule has 0 aliphatic carbocycles. The monoisotopic (exact) mass is 358 g/mol. The van der Waals surface area contributed by atoms with Crippen LogP contribution in [0.3, 0.4) is 0 Å². The van der Waals surface area contributed by atoms with Crippen molar-refractivity contribution in [2.24, 2.45) is 7.05 Å². The van der Waals surface area contributed by atoms with Crippen molar-refractivity contribution in [2.75, 3.05) is 0 Å². The first-order chi connectivity index (χ1) is 13.0. The Bertz CT molecular complexity index is 1160. The van der Waals surface area contributed by atoms with E-state index < -0.39 is 0 Å². The third kappa shape index (κ3) is 3.15. The lowest BCUT2D eigenvalue weighted by molar-refractivity contribution is 0.244. The standard InChI is InChI=1S/C21H18N4O2/c1-13(2)26-19-8-6-16(12-17(19)22-3)21-23-20(24-27-21)15-5-7-18-14(11-15)9-10-25(18)4/h5-13H,1-2,4H3. The van der Waals surface area contributed by atoms with Crippen molar-refractivity contribution in [3.05, 3.63) is 60.1 Å². The lowest BCUT2D eigenvalue weighted by Crippen LogP contribution is -2.05. The highest BCUT2D eigenvalue weighted by Crippen LogP contribution is 2.34. The summed E-state index contributed by atoms with van der Waals surface area (Å²) in [6.45, 7) is 11.2. The van der Waals surface area contributed by atoms with E-state index in [-0.39, 0.29) is 6.10 Å². The van der Waals surface area contributed by atoms with Gasteiger partial charge in [0, 0.05) is 35.3 Å². The Hall–Kier alpha value is -3.59. The van der Waals surface area contributed by atoms with Gasteiger partial charge < -0.3 is 13.8 Å². The highest BCUT2D eigenvalue weighted by molar-refractivity contribution is 5.84. The fourth-order valence-electron chi connectivity index (χ4n) is 2.97. The normalized spacial score (nSPS) is 11.1. The molecule has 0 bridgehead atoms. The Morgan fingerprint density at radius 3 is 2.70 bits per heavy atom. The van der Waals surface area contributed by atoms with Gasteiger partial charge in [-0.2, -0.15) is 4.98 Å². The predicted molar refractivity (Wildman–Crippen MR) is 104 cm³/mol. The summed E-state index contributed by atoms with van der Waals surface area (Å²) in [7, 11) is 2.01. The van der Waals surface area contributed by atoms with E-state index in [0.717, 1.165) is 16.5 Å². The maximum Gasteiger partial charge on any atom is 0.256 e. The van der Waals surface area contributed by atoms with E-state index in [1.807, 2.05) is 51.4 Å². The van der Waals surface area contributed by atoms with Gasteiger partial charge in [0.05, 0.1) is 12.7 Å². The van der Waals surface area contributed by atoms with Crippen molar-refractivity contribution in [3.8, 4) is 28.6 Å². The van der Waals surface area contributed by atoms with E-state index >= 15 is 0 Å². The van der Waals surface area contributed by atoms with Gasteiger partial charge in [0.25, 0.3) is 5.89 Å². The van der Waals surface area contributed by atoms with E-state index in [0.29, 0.717) is 28.7 Å². The second-order valence-corrected chi connectivity index (χ2v) is 6.58. The van der Waals surface area contributed by atoms with Gasteiger partial charge in [0.2, 0.25) is 11.5 Å². The summed E-state index contributed by atoms with van der Waals surface area (Å²) in [6, 6.07) is 13.4. The van der Waals surface area contributed by atoms with E-state index in [9.17, 15) is 0 Å². The molecule has 0 atom stereocenters. The SMILES string of the molecule is [C-]#[N+]c1cc(-c2nc(-c3ccc4c(ccn4C)c3)no2)ccc1OC(C)C. The third-order valence-electron chi connectivity index (χ3n) is 4.26. The zero-order chi connectivity index (χ0) is 19.0. The van der Waals surface area contributed by atoms with Crippen molar-refractivity contribution in [1.82, 2.24) is 14.7 Å². The molecule has 4 rings (SSSR count). The first-order valence-corrected chi connectivity index (χ1v) is 8.63. The number of ether oxygens (including phenoxy) is 1. The fraction of sp³-hybridized carbons (Fsp3) is 0.190. The molecule has 0 saturated carbocycles. The summed E-state index contributed by atoms with van der Waals surface area (Å²) in [6.07, 6.45) is 2.02. The number of benzene rings is 2. The Morgan fingerprint density at radius 2 is 1.93 bits per heavy atom. The molecule has 134 valence electrons. The molecule has 27 heavy (non-hydrogen) atoms. The molecule has 2 aromatic carbocycles. The molecule has 0 spiro atoms. The number of aromatic nitrogens is 3. The summed E-state index contributed by atoms with van der Waals surface area (Å²) in [5.41, 5.74) is 3.14. The zero-order valence-corrected chi connectivity index (χ0v) is 15.3. The number of rotatable bonds is 4. The van der Waals surface area contributed by atoms with Gasteiger partial charge in [0.15, 0.2) is 0 Å². The van der Waals surface area contributed by atoms with Crippen LogP contribution in [0.25, 0.3) is 38.6 Å². The number of hydrogen-bond acceptors (Lipinski definition) is 4. The molecule has 0 saturated heterocycles. The van der Waals surface area contributed by atoms with Crippen LogP contribution in [0.15, 0.2) is 53.2 Å². The average Bonchev–Trinajstić information content (AvgIpc) is 3.29. The van der Waals surface area contributed by atoms with Gasteiger partial charge in [-0.05, 0) is 56.3 Å². The lowest BCUT2D eigenvalue weighted by atomic mass is 10.1. The van der Waals surface area contributed by atoms with Crippen molar-refractivity contribution >= 4 is 16.6 Å². The van der Waals surface area contributed by atoms with Crippen molar-refractivity contribution in [3.63, 3.8) is 0 Å². The molecule has 6 heteroatoms. The van der Waals surface area contributed by atoms with E-state index in [1.165, 1.54) is 0 Å². The van der Waals surface area contributed by atoms with Gasteiger partial charge in [-0.3, -0.25) is 0 Å². The highest BCUT2D eigenvalue weighted by Gasteiger charge is 2.14. The first kappa shape index (κ1) is 16.9.